The average Bonchev–Trinajstić information content (AvgIpc) is 3.36. The molecule has 0 radical (unpaired) electrons. The standard InChI is InChI=1S/C30H34N8O4/c1-20-14-38(28(40)16-39)15-27(20)42-26-7-2-21(12-22(26)13-31)29-32-19-33-30(35-29)34-23-3-5-24(6-4-23)36-8-10-37(11-9-36)25-17-41-18-25/h2-7,12,19-20,25,27,39H,8-11,14-18H2,1H3,(H,32,33,34,35)/t20-,27+/m0/s1. The van der Waals surface area contributed by atoms with Crippen LogP contribution in [-0.2, 0) is 9.53 Å². The molecule has 0 unspecified atom stereocenters. The molecule has 12 heteroatoms. The summed E-state index contributed by atoms with van der Waals surface area (Å²) in [5.74, 6) is 0.998. The number of hydrogen-bond donors (Lipinski definition) is 2. The van der Waals surface area contributed by atoms with Gasteiger partial charge in [-0.25, -0.2) is 9.97 Å². The van der Waals surface area contributed by atoms with E-state index >= 15 is 0 Å². The van der Waals surface area contributed by atoms with Crippen molar-refractivity contribution in [1.29, 1.82) is 5.26 Å². The normalized spacial score (nSPS) is 21.1. The summed E-state index contributed by atoms with van der Waals surface area (Å²) in [6, 6.07) is 16.3. The van der Waals surface area contributed by atoms with Crippen LogP contribution in [0.4, 0.5) is 17.3 Å². The van der Waals surface area contributed by atoms with Gasteiger partial charge < -0.3 is 29.7 Å². The van der Waals surface area contributed by atoms with Crippen molar-refractivity contribution in [2.24, 2.45) is 5.92 Å². The summed E-state index contributed by atoms with van der Waals surface area (Å²) in [7, 11) is 0. The van der Waals surface area contributed by atoms with Crippen molar-refractivity contribution in [1.82, 2.24) is 24.8 Å². The number of aliphatic hydroxyl groups is 1. The second-order valence-electron chi connectivity index (χ2n) is 10.9. The van der Waals surface area contributed by atoms with Gasteiger partial charge in [0.15, 0.2) is 5.82 Å². The van der Waals surface area contributed by atoms with E-state index in [9.17, 15) is 10.1 Å². The number of rotatable bonds is 8. The summed E-state index contributed by atoms with van der Waals surface area (Å²) in [6.45, 7) is 8.12. The molecule has 3 fully saturated rings. The maximum Gasteiger partial charge on any atom is 0.248 e. The highest BCUT2D eigenvalue weighted by atomic mass is 16.5. The van der Waals surface area contributed by atoms with Crippen LogP contribution in [-0.4, -0.2) is 107 Å². The van der Waals surface area contributed by atoms with Gasteiger partial charge in [0.25, 0.3) is 0 Å². The fourth-order valence-electron chi connectivity index (χ4n) is 5.58. The lowest BCUT2D eigenvalue weighted by atomic mass is 10.1. The van der Waals surface area contributed by atoms with E-state index in [1.807, 2.05) is 19.1 Å². The van der Waals surface area contributed by atoms with E-state index in [-0.39, 0.29) is 17.9 Å². The van der Waals surface area contributed by atoms with Gasteiger partial charge in [-0.05, 0) is 42.5 Å². The summed E-state index contributed by atoms with van der Waals surface area (Å²) in [6.07, 6.45) is 1.17. The average molecular weight is 571 g/mol. The quantitative estimate of drug-likeness (QED) is 0.410. The zero-order valence-electron chi connectivity index (χ0n) is 23.5. The van der Waals surface area contributed by atoms with Gasteiger partial charge in [-0.3, -0.25) is 9.69 Å². The van der Waals surface area contributed by atoms with E-state index < -0.39 is 6.61 Å². The van der Waals surface area contributed by atoms with E-state index in [0.717, 1.165) is 45.1 Å². The van der Waals surface area contributed by atoms with E-state index in [0.29, 0.717) is 47.8 Å². The lowest BCUT2D eigenvalue weighted by Gasteiger charge is -2.43. The third-order valence-corrected chi connectivity index (χ3v) is 8.18. The number of aromatic nitrogens is 3. The molecule has 4 heterocycles. The number of aliphatic hydroxyl groups excluding tert-OH is 1. The highest BCUT2D eigenvalue weighted by Gasteiger charge is 2.34. The predicted molar refractivity (Wildman–Crippen MR) is 155 cm³/mol. The largest absolute Gasteiger partial charge is 0.487 e. The van der Waals surface area contributed by atoms with Gasteiger partial charge in [-0.2, -0.15) is 10.2 Å². The second kappa shape index (κ2) is 12.3. The summed E-state index contributed by atoms with van der Waals surface area (Å²) in [5, 5.41) is 22.2. The lowest BCUT2D eigenvalue weighted by Crippen LogP contribution is -2.56. The Kier molecular flexibility index (Phi) is 8.14. The van der Waals surface area contributed by atoms with Gasteiger partial charge >= 0.3 is 0 Å². The molecule has 3 aliphatic heterocycles. The van der Waals surface area contributed by atoms with E-state index in [1.165, 1.54) is 12.0 Å². The van der Waals surface area contributed by atoms with Crippen molar-refractivity contribution in [2.45, 2.75) is 19.1 Å². The molecular weight excluding hydrogens is 536 g/mol. The fraction of sp³-hybridized carbons (Fsp3) is 0.433. The van der Waals surface area contributed by atoms with Gasteiger partial charge in [0.05, 0.1) is 31.4 Å². The summed E-state index contributed by atoms with van der Waals surface area (Å²) in [5.41, 5.74) is 3.05. The molecule has 2 N–H and O–H groups in total. The minimum atomic E-state index is -0.527. The van der Waals surface area contributed by atoms with E-state index in [1.54, 1.807) is 23.1 Å². The molecule has 3 aromatic rings. The summed E-state index contributed by atoms with van der Waals surface area (Å²) >= 11 is 0. The second-order valence-corrected chi connectivity index (χ2v) is 10.9. The Balaban J connectivity index is 1.09. The van der Waals surface area contributed by atoms with Crippen LogP contribution in [0.1, 0.15) is 12.5 Å². The Labute approximate surface area is 244 Å². The smallest absolute Gasteiger partial charge is 0.248 e. The SMILES string of the molecule is C[C@H]1CN(C(=O)CO)C[C@H]1Oc1ccc(-c2ncnc(Nc3ccc(N4CCN(C5COC5)CC4)cc3)n2)cc1C#N. The number of benzene rings is 2. The molecule has 3 saturated heterocycles. The number of piperazine rings is 1. The van der Waals surface area contributed by atoms with Gasteiger partial charge in [-0.1, -0.05) is 6.92 Å². The highest BCUT2D eigenvalue weighted by molar-refractivity contribution is 5.77. The number of carbonyl (C=O) groups excluding carboxylic acids is 1. The minimum Gasteiger partial charge on any atom is -0.487 e. The van der Waals surface area contributed by atoms with Gasteiger partial charge in [0, 0.05) is 55.6 Å². The zero-order valence-corrected chi connectivity index (χ0v) is 23.5. The van der Waals surface area contributed by atoms with Gasteiger partial charge in [0.1, 0.15) is 30.9 Å². The first-order chi connectivity index (χ1) is 20.5. The predicted octanol–water partition coefficient (Wildman–Crippen LogP) is 1.89. The molecule has 3 aliphatic rings. The Morgan fingerprint density at radius 2 is 1.90 bits per heavy atom. The monoisotopic (exact) mass is 570 g/mol. The van der Waals surface area contributed by atoms with Crippen molar-refractivity contribution in [3.8, 4) is 23.2 Å². The minimum absolute atomic E-state index is 0.0654. The van der Waals surface area contributed by atoms with Crippen LogP contribution < -0.4 is 15.0 Å². The van der Waals surface area contributed by atoms with Crippen LogP contribution in [0.2, 0.25) is 0 Å². The van der Waals surface area contributed by atoms with E-state index in [2.05, 4.69) is 48.3 Å². The molecule has 42 heavy (non-hydrogen) atoms. The maximum atomic E-state index is 11.9. The number of likely N-dealkylation sites (tertiary alicyclic amines) is 1. The van der Waals surface area contributed by atoms with Gasteiger partial charge in [-0.15, -0.1) is 0 Å². The number of ether oxygens (including phenoxy) is 2. The van der Waals surface area contributed by atoms with Crippen molar-refractivity contribution >= 4 is 23.2 Å². The first-order valence-corrected chi connectivity index (χ1v) is 14.2. The summed E-state index contributed by atoms with van der Waals surface area (Å²) in [4.78, 5) is 31.5. The number of hydrogen-bond acceptors (Lipinski definition) is 11. The molecule has 12 nitrogen and oxygen atoms in total. The van der Waals surface area contributed by atoms with Crippen molar-refractivity contribution in [3.05, 3.63) is 54.4 Å². The molecule has 0 bridgehead atoms. The maximum absolute atomic E-state index is 11.9. The molecule has 0 aliphatic carbocycles. The number of nitrogens with zero attached hydrogens (tertiary/aromatic N) is 7. The topological polar surface area (TPSA) is 140 Å². The van der Waals surface area contributed by atoms with Crippen LogP contribution >= 0.6 is 0 Å². The highest BCUT2D eigenvalue weighted by Crippen LogP contribution is 2.29. The molecular formula is C30H34N8O4. The third-order valence-electron chi connectivity index (χ3n) is 8.18. The van der Waals surface area contributed by atoms with Crippen molar-refractivity contribution < 1.29 is 19.4 Å². The molecule has 1 aromatic heterocycles. The first-order valence-electron chi connectivity index (χ1n) is 14.2. The van der Waals surface area contributed by atoms with Crippen LogP contribution in [0.25, 0.3) is 11.4 Å². The van der Waals surface area contributed by atoms with Gasteiger partial charge in [0.2, 0.25) is 11.9 Å². The number of carbonyl (C=O) groups is 1. The molecule has 6 rings (SSSR count). The number of amides is 1. The number of nitrogens with one attached hydrogen (secondary N) is 1. The Bertz CT molecular complexity index is 1450. The molecule has 2 atom stereocenters. The van der Waals surface area contributed by atoms with Crippen LogP contribution in [0.3, 0.4) is 0 Å². The summed E-state index contributed by atoms with van der Waals surface area (Å²) < 4.78 is 11.5. The van der Waals surface area contributed by atoms with Crippen LogP contribution in [0, 0.1) is 17.2 Å². The number of nitriles is 1. The molecule has 0 saturated carbocycles. The molecule has 1 amide bonds. The van der Waals surface area contributed by atoms with Crippen molar-refractivity contribution in [2.75, 3.05) is 69.3 Å². The Hall–Kier alpha value is -4.31. The fourth-order valence-corrected chi connectivity index (χ4v) is 5.58. The van der Waals surface area contributed by atoms with Crippen molar-refractivity contribution in [3.63, 3.8) is 0 Å². The van der Waals surface area contributed by atoms with E-state index in [4.69, 9.17) is 14.6 Å². The third kappa shape index (κ3) is 5.99. The lowest BCUT2D eigenvalue weighted by molar-refractivity contribution is -0.133. The van der Waals surface area contributed by atoms with Crippen LogP contribution in [0.15, 0.2) is 48.8 Å². The number of anilines is 3. The molecule has 2 aromatic carbocycles. The molecule has 218 valence electrons. The Morgan fingerprint density at radius 1 is 1.12 bits per heavy atom. The zero-order chi connectivity index (χ0) is 29.1. The first kappa shape index (κ1) is 27.8. The Morgan fingerprint density at radius 3 is 2.60 bits per heavy atom. The van der Waals surface area contributed by atoms with Crippen LogP contribution in [0.5, 0.6) is 5.75 Å². The molecule has 0 spiro atoms.